The van der Waals surface area contributed by atoms with Crippen LogP contribution in [0.15, 0.2) is 24.3 Å². The Labute approximate surface area is 109 Å². The van der Waals surface area contributed by atoms with Gasteiger partial charge in [-0.15, -0.1) is 0 Å². The van der Waals surface area contributed by atoms with Crippen LogP contribution >= 0.6 is 0 Å². The van der Waals surface area contributed by atoms with Gasteiger partial charge < -0.3 is 15.8 Å². The molecule has 0 saturated carbocycles. The molecule has 0 heterocycles. The molecule has 0 bridgehead atoms. The molecule has 0 aliphatic carbocycles. The quantitative estimate of drug-likeness (QED) is 0.696. The number of amides is 1. The maximum Gasteiger partial charge on any atom is 0.248 e. The first-order chi connectivity index (χ1) is 8.59. The molecule has 18 heavy (non-hydrogen) atoms. The average molecular weight is 250 g/mol. The molecule has 4 heteroatoms. The number of nitrogens with two attached hydrogens (primary N) is 1. The number of rotatable bonds is 8. The molecule has 3 N–H and O–H groups in total. The van der Waals surface area contributed by atoms with Gasteiger partial charge in [-0.05, 0) is 36.6 Å². The third kappa shape index (κ3) is 5.68. The van der Waals surface area contributed by atoms with Gasteiger partial charge in [0.15, 0.2) is 0 Å². The highest BCUT2D eigenvalue weighted by Gasteiger charge is 1.99. The van der Waals surface area contributed by atoms with E-state index in [1.807, 2.05) is 12.1 Å². The predicted octanol–water partition coefficient (Wildman–Crippen LogP) is 2.26. The van der Waals surface area contributed by atoms with Gasteiger partial charge in [-0.2, -0.15) is 0 Å². The highest BCUT2D eigenvalue weighted by Crippen LogP contribution is 2.08. The predicted molar refractivity (Wildman–Crippen MR) is 73.7 cm³/mol. The van der Waals surface area contributed by atoms with Gasteiger partial charge in [-0.25, -0.2) is 0 Å². The first-order valence-electron chi connectivity index (χ1n) is 6.31. The Hall–Kier alpha value is -1.55. The average Bonchev–Trinajstić information content (AvgIpc) is 2.34. The van der Waals surface area contributed by atoms with E-state index in [9.17, 15) is 4.79 Å². The van der Waals surface area contributed by atoms with Gasteiger partial charge in [0, 0.05) is 24.4 Å². The second-order valence-electron chi connectivity index (χ2n) is 4.66. The van der Waals surface area contributed by atoms with Crippen molar-refractivity contribution < 1.29 is 9.53 Å². The zero-order chi connectivity index (χ0) is 13.4. The summed E-state index contributed by atoms with van der Waals surface area (Å²) in [6.45, 7) is 6.61. The largest absolute Gasteiger partial charge is 0.383 e. The van der Waals surface area contributed by atoms with Crippen LogP contribution in [0.25, 0.3) is 0 Å². The lowest BCUT2D eigenvalue weighted by Crippen LogP contribution is -2.12. The molecular weight excluding hydrogens is 228 g/mol. The summed E-state index contributed by atoms with van der Waals surface area (Å²) in [5, 5.41) is 3.22. The lowest BCUT2D eigenvalue weighted by atomic mass is 10.1. The molecule has 0 spiro atoms. The van der Waals surface area contributed by atoms with Crippen LogP contribution in [0.3, 0.4) is 0 Å². The number of carbonyl (C=O) groups excluding carboxylic acids is 1. The number of nitrogens with one attached hydrogen (secondary N) is 1. The molecule has 0 aliphatic rings. The van der Waals surface area contributed by atoms with Gasteiger partial charge in [0.2, 0.25) is 5.91 Å². The van der Waals surface area contributed by atoms with Crippen molar-refractivity contribution in [3.63, 3.8) is 0 Å². The van der Waals surface area contributed by atoms with Crippen molar-refractivity contribution >= 4 is 11.6 Å². The van der Waals surface area contributed by atoms with Crippen LogP contribution in [-0.2, 0) is 4.74 Å². The molecule has 1 rings (SSSR count). The van der Waals surface area contributed by atoms with Crippen LogP contribution in [0.5, 0.6) is 0 Å². The SMILES string of the molecule is CC(C)CCOCCNc1ccc(C(N)=O)cc1. The standard InChI is InChI=1S/C14H22N2O2/c1-11(2)7-9-18-10-8-16-13-5-3-12(4-6-13)14(15)17/h3-6,11,16H,7-10H2,1-2H3,(H2,15,17). The molecular formula is C14H22N2O2. The fraction of sp³-hybridized carbons (Fsp3) is 0.500. The summed E-state index contributed by atoms with van der Waals surface area (Å²) in [5.74, 6) is 0.276. The minimum Gasteiger partial charge on any atom is -0.383 e. The van der Waals surface area contributed by atoms with Gasteiger partial charge in [0.05, 0.1) is 6.61 Å². The normalized spacial score (nSPS) is 10.6. The van der Waals surface area contributed by atoms with E-state index in [0.717, 1.165) is 25.3 Å². The number of ether oxygens (including phenoxy) is 1. The fourth-order valence-electron chi connectivity index (χ4n) is 1.44. The van der Waals surface area contributed by atoms with Crippen molar-refractivity contribution in [2.45, 2.75) is 20.3 Å². The molecule has 1 aromatic rings. The lowest BCUT2D eigenvalue weighted by Gasteiger charge is -2.08. The van der Waals surface area contributed by atoms with E-state index in [-0.39, 0.29) is 0 Å². The molecule has 100 valence electrons. The maximum absolute atomic E-state index is 10.9. The van der Waals surface area contributed by atoms with Gasteiger partial charge in [0.25, 0.3) is 0 Å². The summed E-state index contributed by atoms with van der Waals surface area (Å²) in [6, 6.07) is 7.11. The van der Waals surface area contributed by atoms with E-state index in [4.69, 9.17) is 10.5 Å². The molecule has 0 aromatic heterocycles. The van der Waals surface area contributed by atoms with E-state index in [0.29, 0.717) is 18.1 Å². The summed E-state index contributed by atoms with van der Waals surface area (Å²) < 4.78 is 5.49. The van der Waals surface area contributed by atoms with Crippen LogP contribution in [0.2, 0.25) is 0 Å². The number of hydrogen-bond donors (Lipinski definition) is 2. The second-order valence-corrected chi connectivity index (χ2v) is 4.66. The molecule has 0 atom stereocenters. The Balaban J connectivity index is 2.17. The Morgan fingerprint density at radius 3 is 2.50 bits per heavy atom. The Bertz CT molecular complexity index is 361. The number of benzene rings is 1. The number of primary amides is 1. The van der Waals surface area contributed by atoms with Crippen LogP contribution < -0.4 is 11.1 Å². The minimum atomic E-state index is -0.404. The monoisotopic (exact) mass is 250 g/mol. The van der Waals surface area contributed by atoms with Crippen molar-refractivity contribution in [1.82, 2.24) is 0 Å². The Morgan fingerprint density at radius 2 is 1.94 bits per heavy atom. The third-order valence-corrected chi connectivity index (χ3v) is 2.58. The van der Waals surface area contributed by atoms with E-state index < -0.39 is 5.91 Å². The molecule has 0 aliphatic heterocycles. The van der Waals surface area contributed by atoms with Gasteiger partial charge in [-0.3, -0.25) is 4.79 Å². The summed E-state index contributed by atoms with van der Waals surface area (Å²) >= 11 is 0. The van der Waals surface area contributed by atoms with E-state index >= 15 is 0 Å². The zero-order valence-electron chi connectivity index (χ0n) is 11.1. The first kappa shape index (κ1) is 14.5. The smallest absolute Gasteiger partial charge is 0.248 e. The van der Waals surface area contributed by atoms with Crippen LogP contribution in [-0.4, -0.2) is 25.7 Å². The van der Waals surface area contributed by atoms with Crippen LogP contribution in [0.4, 0.5) is 5.69 Å². The molecule has 0 unspecified atom stereocenters. The van der Waals surface area contributed by atoms with E-state index in [1.165, 1.54) is 0 Å². The van der Waals surface area contributed by atoms with Crippen LogP contribution in [0.1, 0.15) is 30.6 Å². The van der Waals surface area contributed by atoms with E-state index in [2.05, 4.69) is 19.2 Å². The molecule has 1 aromatic carbocycles. The van der Waals surface area contributed by atoms with Crippen molar-refractivity contribution in [3.05, 3.63) is 29.8 Å². The second kappa shape index (κ2) is 7.71. The Kier molecular flexibility index (Phi) is 6.22. The summed E-state index contributed by atoms with van der Waals surface area (Å²) in [6.07, 6.45) is 1.09. The zero-order valence-corrected chi connectivity index (χ0v) is 11.1. The van der Waals surface area contributed by atoms with Gasteiger partial charge in [0.1, 0.15) is 0 Å². The van der Waals surface area contributed by atoms with Crippen molar-refractivity contribution in [3.8, 4) is 0 Å². The summed E-state index contributed by atoms with van der Waals surface area (Å²) in [5.41, 5.74) is 6.65. The molecule has 0 fully saturated rings. The highest BCUT2D eigenvalue weighted by atomic mass is 16.5. The highest BCUT2D eigenvalue weighted by molar-refractivity contribution is 5.93. The third-order valence-electron chi connectivity index (χ3n) is 2.58. The molecule has 4 nitrogen and oxygen atoms in total. The van der Waals surface area contributed by atoms with Crippen LogP contribution in [0, 0.1) is 5.92 Å². The number of hydrogen-bond acceptors (Lipinski definition) is 3. The fourth-order valence-corrected chi connectivity index (χ4v) is 1.44. The topological polar surface area (TPSA) is 64.3 Å². The molecule has 0 saturated heterocycles. The van der Waals surface area contributed by atoms with Crippen molar-refractivity contribution in [2.24, 2.45) is 11.7 Å². The first-order valence-corrected chi connectivity index (χ1v) is 6.31. The molecule has 1 amide bonds. The molecule has 0 radical (unpaired) electrons. The lowest BCUT2D eigenvalue weighted by molar-refractivity contribution is 0.100. The van der Waals surface area contributed by atoms with E-state index in [1.54, 1.807) is 12.1 Å². The van der Waals surface area contributed by atoms with Crippen molar-refractivity contribution in [2.75, 3.05) is 25.1 Å². The number of anilines is 1. The Morgan fingerprint density at radius 1 is 1.28 bits per heavy atom. The summed E-state index contributed by atoms with van der Waals surface area (Å²) in [7, 11) is 0. The summed E-state index contributed by atoms with van der Waals surface area (Å²) in [4.78, 5) is 10.9. The van der Waals surface area contributed by atoms with Gasteiger partial charge >= 0.3 is 0 Å². The number of carbonyl (C=O) groups is 1. The van der Waals surface area contributed by atoms with Crippen molar-refractivity contribution in [1.29, 1.82) is 0 Å². The minimum absolute atomic E-state index is 0.404. The van der Waals surface area contributed by atoms with Gasteiger partial charge in [-0.1, -0.05) is 13.8 Å². The maximum atomic E-state index is 10.9.